The first-order valence-electron chi connectivity index (χ1n) is 9.37. The molecule has 0 fully saturated rings. The molecular weight excluding hydrogens is 432 g/mol. The Kier molecular flexibility index (Phi) is 6.76. The molecule has 0 bridgehead atoms. The minimum absolute atomic E-state index is 0.0508. The zero-order valence-electron chi connectivity index (χ0n) is 17.2. The fraction of sp³-hybridized carbons (Fsp3) is 0.0909. The van der Waals surface area contributed by atoms with E-state index >= 15 is 0 Å². The lowest BCUT2D eigenvalue weighted by Gasteiger charge is -2.09. The number of hydrogen-bond acceptors (Lipinski definition) is 7. The van der Waals surface area contributed by atoms with E-state index in [4.69, 9.17) is 0 Å². The first kappa shape index (κ1) is 22.8. The Labute approximate surface area is 184 Å². The van der Waals surface area contributed by atoms with E-state index in [0.29, 0.717) is 23.1 Å². The first-order chi connectivity index (χ1) is 15.2. The van der Waals surface area contributed by atoms with Gasteiger partial charge in [-0.3, -0.25) is 14.8 Å². The van der Waals surface area contributed by atoms with E-state index in [0.717, 1.165) is 17.7 Å². The third kappa shape index (κ3) is 5.42. The molecule has 9 nitrogen and oxygen atoms in total. The number of azo groups is 1. The maximum Gasteiger partial charge on any atom is 0.294 e. The Morgan fingerprint density at radius 2 is 1.75 bits per heavy atom. The number of nitrogens with one attached hydrogen (secondary N) is 1. The molecule has 0 aliphatic carbocycles. The van der Waals surface area contributed by atoms with Crippen molar-refractivity contribution in [1.82, 2.24) is 0 Å². The molecule has 3 rings (SSSR count). The minimum Gasteiger partial charge on any atom is -0.505 e. The molecule has 0 unspecified atom stereocenters. The van der Waals surface area contributed by atoms with Gasteiger partial charge in [0, 0.05) is 11.1 Å². The number of hydrazone groups is 1. The second-order valence-electron chi connectivity index (χ2n) is 6.90. The SMILES string of the molecule is Cc1ccc(N=N/C(=N/Nc2cc(S(=O)(=O)O)cc(C)c2O)c2ccccc2)c(C=O)c1. The largest absolute Gasteiger partial charge is 0.505 e. The number of nitrogens with zero attached hydrogens (tertiary/aromatic N) is 3. The van der Waals surface area contributed by atoms with E-state index in [1.54, 1.807) is 48.5 Å². The van der Waals surface area contributed by atoms with Crippen molar-refractivity contribution in [2.24, 2.45) is 15.3 Å². The van der Waals surface area contributed by atoms with Gasteiger partial charge < -0.3 is 5.11 Å². The molecule has 0 heterocycles. The lowest BCUT2D eigenvalue weighted by molar-refractivity contribution is 0.112. The van der Waals surface area contributed by atoms with Crippen molar-refractivity contribution in [3.8, 4) is 5.75 Å². The molecule has 0 atom stereocenters. The number of amidine groups is 1. The molecule has 164 valence electrons. The molecule has 3 aromatic carbocycles. The molecule has 0 amide bonds. The van der Waals surface area contributed by atoms with Crippen LogP contribution in [-0.4, -0.2) is 30.2 Å². The third-order valence-corrected chi connectivity index (χ3v) is 5.28. The Morgan fingerprint density at radius 1 is 1.03 bits per heavy atom. The lowest BCUT2D eigenvalue weighted by Crippen LogP contribution is -2.04. The van der Waals surface area contributed by atoms with Gasteiger partial charge in [0.25, 0.3) is 10.1 Å². The number of aromatic hydroxyl groups is 1. The molecule has 0 aliphatic heterocycles. The monoisotopic (exact) mass is 452 g/mol. The van der Waals surface area contributed by atoms with Crippen LogP contribution in [0.3, 0.4) is 0 Å². The van der Waals surface area contributed by atoms with E-state index < -0.39 is 15.0 Å². The van der Waals surface area contributed by atoms with E-state index in [1.165, 1.54) is 6.92 Å². The fourth-order valence-corrected chi connectivity index (χ4v) is 3.38. The molecular formula is C22H20N4O5S. The smallest absolute Gasteiger partial charge is 0.294 e. The molecule has 0 saturated carbocycles. The average molecular weight is 452 g/mol. The number of aryl methyl sites for hydroxylation is 2. The summed E-state index contributed by atoms with van der Waals surface area (Å²) in [6.45, 7) is 3.33. The summed E-state index contributed by atoms with van der Waals surface area (Å²) in [5.74, 6) is -0.135. The van der Waals surface area contributed by atoms with E-state index in [1.807, 2.05) is 6.92 Å². The van der Waals surface area contributed by atoms with Gasteiger partial charge in [-0.2, -0.15) is 13.5 Å². The van der Waals surface area contributed by atoms with Gasteiger partial charge in [0.05, 0.1) is 16.3 Å². The number of anilines is 1. The third-order valence-electron chi connectivity index (χ3n) is 4.45. The van der Waals surface area contributed by atoms with Crippen LogP contribution in [0.2, 0.25) is 0 Å². The number of phenols is 1. The van der Waals surface area contributed by atoms with Gasteiger partial charge in [0.2, 0.25) is 5.84 Å². The predicted octanol–water partition coefficient (Wildman–Crippen LogP) is 4.63. The van der Waals surface area contributed by atoms with Crippen LogP contribution in [0.25, 0.3) is 0 Å². The minimum atomic E-state index is -4.49. The topological polar surface area (TPSA) is 141 Å². The van der Waals surface area contributed by atoms with Crippen LogP contribution in [0.5, 0.6) is 5.75 Å². The molecule has 3 aromatic rings. The van der Waals surface area contributed by atoms with Crippen LogP contribution in [0, 0.1) is 13.8 Å². The second kappa shape index (κ2) is 9.50. The normalized spacial score (nSPS) is 12.2. The second-order valence-corrected chi connectivity index (χ2v) is 8.33. The molecule has 32 heavy (non-hydrogen) atoms. The Bertz CT molecular complexity index is 1320. The molecule has 0 spiro atoms. The van der Waals surface area contributed by atoms with Crippen molar-refractivity contribution in [2.75, 3.05) is 5.43 Å². The molecule has 0 aliphatic rings. The predicted molar refractivity (Wildman–Crippen MR) is 120 cm³/mol. The zero-order chi connectivity index (χ0) is 23.3. The van der Waals surface area contributed by atoms with Crippen molar-refractivity contribution in [1.29, 1.82) is 0 Å². The number of carbonyl (C=O) groups is 1. The Balaban J connectivity index is 2.03. The van der Waals surface area contributed by atoms with E-state index in [-0.39, 0.29) is 22.8 Å². The van der Waals surface area contributed by atoms with Crippen molar-refractivity contribution in [3.05, 3.63) is 82.9 Å². The Morgan fingerprint density at radius 3 is 2.41 bits per heavy atom. The lowest BCUT2D eigenvalue weighted by atomic mass is 10.1. The summed E-state index contributed by atoms with van der Waals surface area (Å²) in [6.07, 6.45) is 0.681. The van der Waals surface area contributed by atoms with Crippen LogP contribution in [0.4, 0.5) is 11.4 Å². The van der Waals surface area contributed by atoms with Crippen molar-refractivity contribution in [2.45, 2.75) is 18.7 Å². The number of rotatable bonds is 6. The highest BCUT2D eigenvalue weighted by Gasteiger charge is 2.15. The van der Waals surface area contributed by atoms with Crippen molar-refractivity contribution in [3.63, 3.8) is 0 Å². The summed E-state index contributed by atoms with van der Waals surface area (Å²) in [4.78, 5) is 10.9. The van der Waals surface area contributed by atoms with E-state index in [9.17, 15) is 22.9 Å². The van der Waals surface area contributed by atoms with Gasteiger partial charge in [0.1, 0.15) is 5.75 Å². The highest BCUT2D eigenvalue weighted by Crippen LogP contribution is 2.31. The maximum absolute atomic E-state index is 11.5. The quantitative estimate of drug-likeness (QED) is 0.0947. The zero-order valence-corrected chi connectivity index (χ0v) is 18.0. The van der Waals surface area contributed by atoms with Gasteiger partial charge in [0.15, 0.2) is 6.29 Å². The van der Waals surface area contributed by atoms with Crippen molar-refractivity contribution < 1.29 is 22.9 Å². The summed E-state index contributed by atoms with van der Waals surface area (Å²) >= 11 is 0. The van der Waals surface area contributed by atoms with Gasteiger partial charge in [-0.25, -0.2) is 0 Å². The fourth-order valence-electron chi connectivity index (χ4n) is 2.79. The summed E-state index contributed by atoms with van der Waals surface area (Å²) in [5.41, 5.74) is 4.93. The number of benzene rings is 3. The maximum atomic E-state index is 11.5. The number of hydrogen-bond donors (Lipinski definition) is 3. The van der Waals surface area contributed by atoms with Gasteiger partial charge in [-0.1, -0.05) is 42.0 Å². The van der Waals surface area contributed by atoms with Crippen LogP contribution < -0.4 is 5.43 Å². The summed E-state index contributed by atoms with van der Waals surface area (Å²) in [7, 11) is -4.49. The van der Waals surface area contributed by atoms with Crippen LogP contribution in [0.15, 0.2) is 80.9 Å². The highest BCUT2D eigenvalue weighted by molar-refractivity contribution is 7.85. The van der Waals surface area contributed by atoms with Gasteiger partial charge in [-0.15, -0.1) is 10.2 Å². The van der Waals surface area contributed by atoms with Crippen molar-refractivity contribution >= 4 is 33.6 Å². The van der Waals surface area contributed by atoms with Gasteiger partial charge in [-0.05, 0) is 43.7 Å². The standard InChI is InChI=1S/C22H20N4O5S/c1-14-8-9-19(17(10-14)13-27)23-25-22(16-6-4-3-5-7-16)26-24-20-12-18(32(29,30)31)11-15(2)21(20)28/h3-13,24,28H,1-2H3,(H,29,30,31)/b25-23?,26-22+. The van der Waals surface area contributed by atoms with Crippen LogP contribution >= 0.6 is 0 Å². The average Bonchev–Trinajstić information content (AvgIpc) is 2.76. The Hall–Kier alpha value is -3.89. The van der Waals surface area contributed by atoms with Crippen LogP contribution in [0.1, 0.15) is 27.0 Å². The number of aldehydes is 1. The number of phenolic OH excluding ortho intramolecular Hbond substituents is 1. The molecule has 0 radical (unpaired) electrons. The summed E-state index contributed by atoms with van der Waals surface area (Å²) in [5, 5.41) is 22.7. The molecule has 0 aromatic heterocycles. The first-order valence-corrected chi connectivity index (χ1v) is 10.8. The summed E-state index contributed by atoms with van der Waals surface area (Å²) in [6, 6.07) is 16.1. The van der Waals surface area contributed by atoms with Crippen LogP contribution in [-0.2, 0) is 10.1 Å². The number of carbonyl (C=O) groups excluding carboxylic acids is 1. The van der Waals surface area contributed by atoms with E-state index in [2.05, 4.69) is 20.8 Å². The van der Waals surface area contributed by atoms with Gasteiger partial charge >= 0.3 is 0 Å². The molecule has 0 saturated heterocycles. The molecule has 3 N–H and O–H groups in total. The summed E-state index contributed by atoms with van der Waals surface area (Å²) < 4.78 is 32.3. The molecule has 10 heteroatoms. The highest BCUT2D eigenvalue weighted by atomic mass is 32.2.